The molecule has 0 radical (unpaired) electrons. The van der Waals surface area contributed by atoms with Crippen LogP contribution in [0.1, 0.15) is 53.6 Å². The predicted octanol–water partition coefficient (Wildman–Crippen LogP) is 4.67. The molecule has 150 valence electrons. The molecule has 0 saturated heterocycles. The Morgan fingerprint density at radius 3 is 2.11 bits per heavy atom. The van der Waals surface area contributed by atoms with Crippen LogP contribution in [0.2, 0.25) is 0 Å². The first-order chi connectivity index (χ1) is 13.2. The smallest absolute Gasteiger partial charge is 0.251 e. The van der Waals surface area contributed by atoms with Crippen molar-refractivity contribution in [2.75, 3.05) is 6.26 Å². The van der Waals surface area contributed by atoms with E-state index in [1.165, 1.54) is 18.2 Å². The molecule has 0 aliphatic heterocycles. The number of hydrogen-bond acceptors (Lipinski definition) is 3. The third-order valence-electron chi connectivity index (χ3n) is 5.29. The number of rotatable bonds is 6. The van der Waals surface area contributed by atoms with Crippen LogP contribution in [0.25, 0.3) is 0 Å². The van der Waals surface area contributed by atoms with Gasteiger partial charge >= 0.3 is 0 Å². The summed E-state index contributed by atoms with van der Waals surface area (Å²) in [7, 11) is -3.08. The largest absolute Gasteiger partial charge is 0.346 e. The van der Waals surface area contributed by atoms with Crippen molar-refractivity contribution in [3.05, 3.63) is 69.7 Å². The van der Waals surface area contributed by atoms with Gasteiger partial charge in [0.05, 0.1) is 5.75 Å². The van der Waals surface area contributed by atoms with Crippen LogP contribution >= 0.6 is 15.9 Å². The van der Waals surface area contributed by atoms with Gasteiger partial charge < -0.3 is 5.32 Å². The molecule has 0 aromatic heterocycles. The molecule has 1 N–H and O–H groups in total. The fraction of sp³-hybridized carbons (Fsp3) is 0.409. The van der Waals surface area contributed by atoms with E-state index in [1.807, 2.05) is 12.1 Å². The molecule has 1 fully saturated rings. The van der Waals surface area contributed by atoms with Gasteiger partial charge in [0.15, 0.2) is 9.84 Å². The maximum absolute atomic E-state index is 12.9. The van der Waals surface area contributed by atoms with Gasteiger partial charge in [-0.15, -0.1) is 0 Å². The lowest BCUT2D eigenvalue weighted by atomic mass is 9.77. The molecule has 0 bridgehead atoms. The van der Waals surface area contributed by atoms with E-state index in [1.54, 1.807) is 24.3 Å². The summed E-state index contributed by atoms with van der Waals surface area (Å²) in [6, 6.07) is 15.1. The first kappa shape index (κ1) is 21.1. The topological polar surface area (TPSA) is 63.2 Å². The normalized spacial score (nSPS) is 16.5. The van der Waals surface area contributed by atoms with Gasteiger partial charge in [0, 0.05) is 21.8 Å². The third kappa shape index (κ3) is 5.92. The number of nitrogens with one attached hydrogen (secondary N) is 1. The molecule has 4 nitrogen and oxygen atoms in total. The van der Waals surface area contributed by atoms with Crippen LogP contribution in [0, 0.1) is 0 Å². The van der Waals surface area contributed by atoms with Crippen molar-refractivity contribution < 1.29 is 13.2 Å². The minimum Gasteiger partial charge on any atom is -0.346 e. The lowest BCUT2D eigenvalue weighted by molar-refractivity contribution is 0.0868. The van der Waals surface area contributed by atoms with E-state index in [2.05, 4.69) is 33.4 Å². The standard InChI is InChI=1S/C22H26BrNO3S/c1-28(26,27)16-18-5-9-19(10-6-18)21(25)24-22(13-3-2-4-14-22)15-17-7-11-20(23)12-8-17/h5-12H,2-4,13-16H2,1H3,(H,24,25). The van der Waals surface area contributed by atoms with E-state index >= 15 is 0 Å². The second kappa shape index (κ2) is 8.78. The summed E-state index contributed by atoms with van der Waals surface area (Å²) in [5.41, 5.74) is 2.25. The Balaban J connectivity index is 1.75. The summed E-state index contributed by atoms with van der Waals surface area (Å²) >= 11 is 3.47. The van der Waals surface area contributed by atoms with Gasteiger partial charge in [0.25, 0.3) is 5.91 Å². The van der Waals surface area contributed by atoms with E-state index in [9.17, 15) is 13.2 Å². The summed E-state index contributed by atoms with van der Waals surface area (Å²) in [6.45, 7) is 0. The molecule has 2 aromatic rings. The summed E-state index contributed by atoms with van der Waals surface area (Å²) in [5, 5.41) is 3.31. The molecule has 0 spiro atoms. The van der Waals surface area contributed by atoms with Crippen molar-refractivity contribution in [2.45, 2.75) is 49.8 Å². The first-order valence-corrected chi connectivity index (χ1v) is 12.4. The van der Waals surface area contributed by atoms with Gasteiger partial charge in [-0.3, -0.25) is 4.79 Å². The summed E-state index contributed by atoms with van der Waals surface area (Å²) in [6.07, 6.45) is 7.41. The van der Waals surface area contributed by atoms with E-state index in [0.29, 0.717) is 11.1 Å². The second-order valence-corrected chi connectivity index (χ2v) is 10.9. The number of benzene rings is 2. The van der Waals surface area contributed by atoms with Crippen LogP contribution in [0.3, 0.4) is 0 Å². The average Bonchev–Trinajstić information content (AvgIpc) is 2.63. The van der Waals surface area contributed by atoms with Crippen LogP contribution in [-0.2, 0) is 22.0 Å². The Hall–Kier alpha value is -1.66. The molecular formula is C22H26BrNO3S. The minimum atomic E-state index is -3.08. The van der Waals surface area contributed by atoms with Crippen molar-refractivity contribution in [1.82, 2.24) is 5.32 Å². The van der Waals surface area contributed by atoms with Crippen molar-refractivity contribution in [1.29, 1.82) is 0 Å². The molecule has 0 unspecified atom stereocenters. The van der Waals surface area contributed by atoms with Crippen LogP contribution in [-0.4, -0.2) is 26.1 Å². The van der Waals surface area contributed by atoms with Crippen LogP contribution in [0.15, 0.2) is 53.0 Å². The minimum absolute atomic E-state index is 0.0115. The molecule has 1 aliphatic rings. The Bertz CT molecular complexity index is 915. The molecule has 3 rings (SSSR count). The van der Waals surface area contributed by atoms with Crippen molar-refractivity contribution in [2.24, 2.45) is 0 Å². The molecule has 0 heterocycles. The number of sulfone groups is 1. The Morgan fingerprint density at radius 2 is 1.54 bits per heavy atom. The fourth-order valence-electron chi connectivity index (χ4n) is 3.94. The maximum Gasteiger partial charge on any atom is 0.251 e. The number of halogens is 1. The Labute approximate surface area is 175 Å². The number of amides is 1. The zero-order chi connectivity index (χ0) is 20.2. The Morgan fingerprint density at radius 1 is 0.964 bits per heavy atom. The zero-order valence-electron chi connectivity index (χ0n) is 16.1. The summed E-state index contributed by atoms with van der Waals surface area (Å²) < 4.78 is 23.9. The van der Waals surface area contributed by atoms with Crippen LogP contribution in [0.4, 0.5) is 0 Å². The van der Waals surface area contributed by atoms with Gasteiger partial charge in [0.2, 0.25) is 0 Å². The maximum atomic E-state index is 12.9. The highest BCUT2D eigenvalue weighted by Gasteiger charge is 2.34. The first-order valence-electron chi connectivity index (χ1n) is 9.58. The highest BCUT2D eigenvalue weighted by Crippen LogP contribution is 2.32. The second-order valence-electron chi connectivity index (χ2n) is 7.87. The zero-order valence-corrected chi connectivity index (χ0v) is 18.5. The summed E-state index contributed by atoms with van der Waals surface area (Å²) in [4.78, 5) is 12.9. The highest BCUT2D eigenvalue weighted by molar-refractivity contribution is 9.10. The quantitative estimate of drug-likeness (QED) is 0.676. The molecule has 6 heteroatoms. The number of carbonyl (C=O) groups is 1. The molecular weight excluding hydrogens is 438 g/mol. The lowest BCUT2D eigenvalue weighted by Crippen LogP contribution is -2.51. The van der Waals surface area contributed by atoms with Gasteiger partial charge in [-0.1, -0.05) is 59.5 Å². The van der Waals surface area contributed by atoms with Gasteiger partial charge in [0.1, 0.15) is 0 Å². The molecule has 1 aliphatic carbocycles. The molecule has 1 saturated carbocycles. The Kier molecular flexibility index (Phi) is 6.61. The van der Waals surface area contributed by atoms with Crippen LogP contribution in [0.5, 0.6) is 0 Å². The monoisotopic (exact) mass is 463 g/mol. The van der Waals surface area contributed by atoms with E-state index in [0.717, 1.165) is 36.6 Å². The molecule has 1 amide bonds. The lowest BCUT2D eigenvalue weighted by Gasteiger charge is -2.38. The predicted molar refractivity (Wildman–Crippen MR) is 116 cm³/mol. The highest BCUT2D eigenvalue weighted by atomic mass is 79.9. The molecule has 2 aromatic carbocycles. The summed E-state index contributed by atoms with van der Waals surface area (Å²) in [5.74, 6) is -0.104. The average molecular weight is 464 g/mol. The van der Waals surface area contributed by atoms with E-state index < -0.39 is 9.84 Å². The molecule has 0 atom stereocenters. The number of carbonyl (C=O) groups excluding carboxylic acids is 1. The fourth-order valence-corrected chi connectivity index (χ4v) is 5.00. The van der Waals surface area contributed by atoms with Gasteiger partial charge in [-0.25, -0.2) is 8.42 Å². The van der Waals surface area contributed by atoms with Gasteiger partial charge in [-0.05, 0) is 54.7 Å². The number of hydrogen-bond donors (Lipinski definition) is 1. The van der Waals surface area contributed by atoms with Crippen molar-refractivity contribution in [3.8, 4) is 0 Å². The third-order valence-corrected chi connectivity index (χ3v) is 6.68. The van der Waals surface area contributed by atoms with Crippen molar-refractivity contribution in [3.63, 3.8) is 0 Å². The van der Waals surface area contributed by atoms with Crippen LogP contribution < -0.4 is 5.32 Å². The van der Waals surface area contributed by atoms with Gasteiger partial charge in [-0.2, -0.15) is 0 Å². The SMILES string of the molecule is CS(=O)(=O)Cc1ccc(C(=O)NC2(Cc3ccc(Br)cc3)CCCCC2)cc1. The van der Waals surface area contributed by atoms with E-state index in [-0.39, 0.29) is 17.2 Å². The van der Waals surface area contributed by atoms with Crippen molar-refractivity contribution >= 4 is 31.7 Å². The van der Waals surface area contributed by atoms with E-state index in [4.69, 9.17) is 0 Å². The molecule has 28 heavy (non-hydrogen) atoms.